The van der Waals surface area contributed by atoms with E-state index in [2.05, 4.69) is 11.5 Å². The van der Waals surface area contributed by atoms with Gasteiger partial charge in [0.1, 0.15) is 11.6 Å². The molecule has 0 saturated carbocycles. The molecule has 0 amide bonds. The maximum Gasteiger partial charge on any atom is 0.323 e. The van der Waals surface area contributed by atoms with E-state index in [-0.39, 0.29) is 17.6 Å². The number of hydrogen-bond acceptors (Lipinski definition) is 3. The van der Waals surface area contributed by atoms with Crippen LogP contribution in [-0.4, -0.2) is 35.6 Å². The normalized spacial score (nSPS) is 22.1. The van der Waals surface area contributed by atoms with Crippen molar-refractivity contribution in [3.63, 3.8) is 0 Å². The number of likely N-dealkylation sites (tertiary alicyclic amines) is 1. The quantitative estimate of drug-likeness (QED) is 0.543. The van der Waals surface area contributed by atoms with E-state index >= 15 is 0 Å². The molecule has 0 radical (unpaired) electrons. The molecule has 0 unspecified atom stereocenters. The van der Waals surface area contributed by atoms with E-state index in [0.29, 0.717) is 0 Å². The van der Waals surface area contributed by atoms with E-state index in [9.17, 15) is 4.79 Å². The minimum Gasteiger partial charge on any atom is -0.459 e. The van der Waals surface area contributed by atoms with Crippen LogP contribution in [0.25, 0.3) is 0 Å². The lowest BCUT2D eigenvalue weighted by Crippen LogP contribution is -2.40. The van der Waals surface area contributed by atoms with Gasteiger partial charge in [0.15, 0.2) is 0 Å². The molecule has 1 rings (SSSR count). The van der Waals surface area contributed by atoms with Gasteiger partial charge in [-0.25, -0.2) is 0 Å². The molecule has 0 aromatic rings. The largest absolute Gasteiger partial charge is 0.459 e. The number of nitrogens with zero attached hydrogens (tertiary/aromatic N) is 1. The Balaban J connectivity index is 2.50. The minimum atomic E-state index is -0.385. The van der Waals surface area contributed by atoms with Crippen LogP contribution < -0.4 is 0 Å². The standard InChI is InChI=1S/C13H23NO2/c1-5-6-9-14-10-7-8-11(14)12(15)16-13(2,3)4/h5,11H,1,6-10H2,2-4H3/t11-/m1/s1. The summed E-state index contributed by atoms with van der Waals surface area (Å²) in [6, 6.07) is -0.0424. The first-order valence-corrected chi connectivity index (χ1v) is 6.02. The molecule has 1 fully saturated rings. The van der Waals surface area contributed by atoms with Gasteiger partial charge in [-0.15, -0.1) is 6.58 Å². The van der Waals surface area contributed by atoms with Gasteiger partial charge in [-0.1, -0.05) is 6.08 Å². The Bertz CT molecular complexity index is 255. The van der Waals surface area contributed by atoms with Gasteiger partial charge in [0.2, 0.25) is 0 Å². The van der Waals surface area contributed by atoms with Crippen molar-refractivity contribution >= 4 is 5.97 Å². The van der Waals surface area contributed by atoms with Crippen LogP contribution in [0.5, 0.6) is 0 Å². The number of esters is 1. The zero-order chi connectivity index (χ0) is 12.2. The number of carbonyl (C=O) groups excluding carboxylic acids is 1. The molecule has 0 aromatic heterocycles. The smallest absolute Gasteiger partial charge is 0.323 e. The molecule has 1 atom stereocenters. The highest BCUT2D eigenvalue weighted by molar-refractivity contribution is 5.76. The molecule has 3 nitrogen and oxygen atoms in total. The Morgan fingerprint density at radius 3 is 2.81 bits per heavy atom. The third-order valence-corrected chi connectivity index (χ3v) is 2.66. The summed E-state index contributed by atoms with van der Waals surface area (Å²) in [5.41, 5.74) is -0.385. The van der Waals surface area contributed by atoms with Crippen LogP contribution in [0, 0.1) is 0 Å². The molecule has 1 aliphatic heterocycles. The van der Waals surface area contributed by atoms with Gasteiger partial charge < -0.3 is 4.74 Å². The number of rotatable bonds is 4. The Hall–Kier alpha value is -0.830. The first-order chi connectivity index (χ1) is 7.44. The molecular weight excluding hydrogens is 202 g/mol. The molecule has 92 valence electrons. The van der Waals surface area contributed by atoms with Gasteiger partial charge >= 0.3 is 5.97 Å². The second-order valence-corrected chi connectivity index (χ2v) is 5.30. The fourth-order valence-electron chi connectivity index (χ4n) is 1.99. The molecule has 1 heterocycles. The molecular formula is C13H23NO2. The lowest BCUT2D eigenvalue weighted by Gasteiger charge is -2.27. The van der Waals surface area contributed by atoms with Gasteiger partial charge in [-0.05, 0) is 46.6 Å². The molecule has 16 heavy (non-hydrogen) atoms. The average Bonchev–Trinajstić information content (AvgIpc) is 2.59. The van der Waals surface area contributed by atoms with Crippen molar-refractivity contribution in [1.29, 1.82) is 0 Å². The average molecular weight is 225 g/mol. The van der Waals surface area contributed by atoms with Gasteiger partial charge in [-0.3, -0.25) is 9.69 Å². The molecule has 0 bridgehead atoms. The van der Waals surface area contributed by atoms with Crippen LogP contribution in [0.2, 0.25) is 0 Å². The molecule has 0 aromatic carbocycles. The highest BCUT2D eigenvalue weighted by Crippen LogP contribution is 2.21. The van der Waals surface area contributed by atoms with E-state index < -0.39 is 0 Å². The van der Waals surface area contributed by atoms with E-state index in [0.717, 1.165) is 32.4 Å². The van der Waals surface area contributed by atoms with Crippen molar-refractivity contribution in [2.75, 3.05) is 13.1 Å². The maximum atomic E-state index is 11.9. The minimum absolute atomic E-state index is 0.0424. The van der Waals surface area contributed by atoms with Gasteiger partial charge in [0.25, 0.3) is 0 Å². The first kappa shape index (κ1) is 13.2. The van der Waals surface area contributed by atoms with Crippen LogP contribution in [-0.2, 0) is 9.53 Å². The van der Waals surface area contributed by atoms with Crippen molar-refractivity contribution in [3.8, 4) is 0 Å². The van der Waals surface area contributed by atoms with Crippen LogP contribution in [0.1, 0.15) is 40.0 Å². The molecule has 0 N–H and O–H groups in total. The SMILES string of the molecule is C=CCCN1CCC[C@@H]1C(=O)OC(C)(C)C. The molecule has 1 saturated heterocycles. The van der Waals surface area contributed by atoms with Crippen LogP contribution >= 0.6 is 0 Å². The monoisotopic (exact) mass is 225 g/mol. The van der Waals surface area contributed by atoms with Crippen LogP contribution in [0.3, 0.4) is 0 Å². The predicted molar refractivity (Wildman–Crippen MR) is 65.3 cm³/mol. The van der Waals surface area contributed by atoms with Crippen LogP contribution in [0.4, 0.5) is 0 Å². The van der Waals surface area contributed by atoms with E-state index in [1.54, 1.807) is 0 Å². The highest BCUT2D eigenvalue weighted by atomic mass is 16.6. The summed E-state index contributed by atoms with van der Waals surface area (Å²) < 4.78 is 5.43. The third-order valence-electron chi connectivity index (χ3n) is 2.66. The number of hydrogen-bond donors (Lipinski definition) is 0. The Morgan fingerprint density at radius 2 is 2.25 bits per heavy atom. The molecule has 1 aliphatic rings. The van der Waals surface area contributed by atoms with Gasteiger partial charge in [0, 0.05) is 6.54 Å². The van der Waals surface area contributed by atoms with Crippen molar-refractivity contribution in [2.45, 2.75) is 51.7 Å². The lowest BCUT2D eigenvalue weighted by atomic mass is 10.1. The van der Waals surface area contributed by atoms with Crippen molar-refractivity contribution in [1.82, 2.24) is 4.90 Å². The van der Waals surface area contributed by atoms with Crippen molar-refractivity contribution in [3.05, 3.63) is 12.7 Å². The predicted octanol–water partition coefficient (Wildman–Crippen LogP) is 2.37. The summed E-state index contributed by atoms with van der Waals surface area (Å²) in [4.78, 5) is 14.1. The summed E-state index contributed by atoms with van der Waals surface area (Å²) in [6.45, 7) is 11.3. The van der Waals surface area contributed by atoms with Gasteiger partial charge in [0.05, 0.1) is 0 Å². The van der Waals surface area contributed by atoms with Crippen LogP contribution in [0.15, 0.2) is 12.7 Å². The molecule has 3 heteroatoms. The fourth-order valence-corrected chi connectivity index (χ4v) is 1.99. The maximum absolute atomic E-state index is 11.9. The molecule has 0 aliphatic carbocycles. The van der Waals surface area contributed by atoms with Crippen molar-refractivity contribution in [2.24, 2.45) is 0 Å². The van der Waals surface area contributed by atoms with E-state index in [4.69, 9.17) is 4.74 Å². The molecule has 0 spiro atoms. The third kappa shape index (κ3) is 3.97. The zero-order valence-electron chi connectivity index (χ0n) is 10.7. The summed E-state index contributed by atoms with van der Waals surface area (Å²) in [6.07, 6.45) is 4.83. The van der Waals surface area contributed by atoms with Crippen molar-refractivity contribution < 1.29 is 9.53 Å². The van der Waals surface area contributed by atoms with E-state index in [1.807, 2.05) is 26.8 Å². The Labute approximate surface area is 98.5 Å². The number of ether oxygens (including phenoxy) is 1. The Kier molecular flexibility index (Phi) is 4.54. The Morgan fingerprint density at radius 1 is 1.56 bits per heavy atom. The fraction of sp³-hybridized carbons (Fsp3) is 0.769. The summed E-state index contributed by atoms with van der Waals surface area (Å²) in [5.74, 6) is -0.0749. The summed E-state index contributed by atoms with van der Waals surface area (Å²) >= 11 is 0. The lowest BCUT2D eigenvalue weighted by molar-refractivity contribution is -0.160. The summed E-state index contributed by atoms with van der Waals surface area (Å²) in [5, 5.41) is 0. The second-order valence-electron chi connectivity index (χ2n) is 5.30. The zero-order valence-corrected chi connectivity index (χ0v) is 10.7. The number of carbonyl (C=O) groups is 1. The first-order valence-electron chi connectivity index (χ1n) is 6.02. The highest BCUT2D eigenvalue weighted by Gasteiger charge is 2.33. The van der Waals surface area contributed by atoms with Gasteiger partial charge in [-0.2, -0.15) is 0 Å². The topological polar surface area (TPSA) is 29.5 Å². The second kappa shape index (κ2) is 5.48. The summed E-state index contributed by atoms with van der Waals surface area (Å²) in [7, 11) is 0. The van der Waals surface area contributed by atoms with E-state index in [1.165, 1.54) is 0 Å².